The van der Waals surface area contributed by atoms with Crippen LogP contribution in [-0.4, -0.2) is 0 Å². The molecule has 0 bridgehead atoms. The summed E-state index contributed by atoms with van der Waals surface area (Å²) in [6, 6.07) is 18.8. The molecule has 3 aromatic rings. The lowest BCUT2D eigenvalue weighted by atomic mass is 9.86. The molecule has 0 atom stereocenters. The third kappa shape index (κ3) is 3.95. The van der Waals surface area contributed by atoms with E-state index in [0.29, 0.717) is 0 Å². The summed E-state index contributed by atoms with van der Waals surface area (Å²) in [7, 11) is 0. The molecule has 0 amide bonds. The standard InChI is InChI=1S/C30H38N/c1-6-9-12-25-19-23(5)27(20-22(25)4)26-15-14-24-16-17-30(7-2,8-3)31-18-11-10-13-29(31)28(24)21-26/h10-11,13-15,18-21H,6-9,12,16-17H2,1-5H3/q+1. The van der Waals surface area contributed by atoms with E-state index in [-0.39, 0.29) is 5.54 Å². The van der Waals surface area contributed by atoms with Gasteiger partial charge in [0.25, 0.3) is 0 Å². The highest BCUT2D eigenvalue weighted by Crippen LogP contribution is 2.37. The van der Waals surface area contributed by atoms with Crippen LogP contribution < -0.4 is 4.57 Å². The Hall–Kier alpha value is -2.41. The van der Waals surface area contributed by atoms with Crippen LogP contribution in [0.5, 0.6) is 0 Å². The van der Waals surface area contributed by atoms with E-state index < -0.39 is 0 Å². The van der Waals surface area contributed by atoms with Gasteiger partial charge in [0.05, 0.1) is 0 Å². The van der Waals surface area contributed by atoms with Crippen molar-refractivity contribution < 1.29 is 4.57 Å². The summed E-state index contributed by atoms with van der Waals surface area (Å²) in [6.45, 7) is 11.5. The molecule has 1 aliphatic rings. The van der Waals surface area contributed by atoms with Crippen molar-refractivity contribution in [2.75, 3.05) is 0 Å². The molecule has 162 valence electrons. The van der Waals surface area contributed by atoms with Crippen LogP contribution in [0.2, 0.25) is 0 Å². The van der Waals surface area contributed by atoms with Crippen LogP contribution in [-0.2, 0) is 18.4 Å². The molecule has 1 aliphatic heterocycles. The first kappa shape index (κ1) is 21.8. The number of hydrogen-bond acceptors (Lipinski definition) is 0. The second-order valence-corrected chi connectivity index (χ2v) is 9.46. The first-order chi connectivity index (χ1) is 15.0. The SMILES string of the molecule is CCCCc1cc(C)c(-c2ccc3c(c2)-c2cccc[n+]2C(CC)(CC)CC3)cc1C. The highest BCUT2D eigenvalue weighted by atomic mass is 15.1. The van der Waals surface area contributed by atoms with Gasteiger partial charge in [0.15, 0.2) is 11.7 Å². The van der Waals surface area contributed by atoms with Crippen molar-refractivity contribution in [3.63, 3.8) is 0 Å². The van der Waals surface area contributed by atoms with Gasteiger partial charge in [-0.15, -0.1) is 0 Å². The summed E-state index contributed by atoms with van der Waals surface area (Å²) in [5, 5.41) is 0. The third-order valence-electron chi connectivity index (χ3n) is 7.73. The van der Waals surface area contributed by atoms with Crippen LogP contribution >= 0.6 is 0 Å². The number of rotatable bonds is 6. The van der Waals surface area contributed by atoms with Gasteiger partial charge in [-0.3, -0.25) is 0 Å². The summed E-state index contributed by atoms with van der Waals surface area (Å²) in [5.74, 6) is 0. The van der Waals surface area contributed by atoms with Crippen LogP contribution in [0.1, 0.15) is 75.1 Å². The minimum absolute atomic E-state index is 0.212. The second-order valence-electron chi connectivity index (χ2n) is 9.46. The van der Waals surface area contributed by atoms with Crippen LogP contribution in [0, 0.1) is 13.8 Å². The molecule has 0 fully saturated rings. The average Bonchev–Trinajstić information content (AvgIpc) is 2.94. The Kier molecular flexibility index (Phi) is 6.32. The third-order valence-corrected chi connectivity index (χ3v) is 7.73. The molecule has 31 heavy (non-hydrogen) atoms. The Morgan fingerprint density at radius 1 is 0.871 bits per heavy atom. The van der Waals surface area contributed by atoms with Gasteiger partial charge in [0.1, 0.15) is 0 Å². The second kappa shape index (κ2) is 8.99. The number of aryl methyl sites for hydroxylation is 4. The van der Waals surface area contributed by atoms with Gasteiger partial charge in [-0.25, -0.2) is 0 Å². The van der Waals surface area contributed by atoms with Gasteiger partial charge in [-0.2, -0.15) is 4.57 Å². The zero-order valence-electron chi connectivity index (χ0n) is 20.1. The van der Waals surface area contributed by atoms with Gasteiger partial charge >= 0.3 is 0 Å². The largest absolute Gasteiger partial charge is 0.213 e. The zero-order valence-corrected chi connectivity index (χ0v) is 20.1. The topological polar surface area (TPSA) is 3.88 Å². The Morgan fingerprint density at radius 3 is 2.42 bits per heavy atom. The van der Waals surface area contributed by atoms with Gasteiger partial charge in [0.2, 0.25) is 5.69 Å². The number of hydrogen-bond donors (Lipinski definition) is 0. The normalized spacial score (nSPS) is 14.6. The molecule has 0 saturated heterocycles. The van der Waals surface area contributed by atoms with E-state index >= 15 is 0 Å². The van der Waals surface area contributed by atoms with E-state index in [2.05, 4.69) is 93.9 Å². The molecule has 1 nitrogen and oxygen atoms in total. The molecule has 0 spiro atoms. The van der Waals surface area contributed by atoms with Gasteiger partial charge < -0.3 is 0 Å². The molecule has 0 radical (unpaired) electrons. The van der Waals surface area contributed by atoms with Crippen molar-refractivity contribution in [2.24, 2.45) is 0 Å². The molecule has 0 saturated carbocycles. The smallest absolute Gasteiger partial charge is 0.193 e. The van der Waals surface area contributed by atoms with E-state index in [1.807, 2.05) is 0 Å². The molecule has 0 aliphatic carbocycles. The van der Waals surface area contributed by atoms with E-state index in [0.717, 1.165) is 6.42 Å². The maximum Gasteiger partial charge on any atom is 0.213 e. The van der Waals surface area contributed by atoms with Crippen molar-refractivity contribution >= 4 is 0 Å². The maximum absolute atomic E-state index is 2.58. The summed E-state index contributed by atoms with van der Waals surface area (Å²) in [4.78, 5) is 0. The summed E-state index contributed by atoms with van der Waals surface area (Å²) >= 11 is 0. The molecule has 1 aromatic heterocycles. The fourth-order valence-corrected chi connectivity index (χ4v) is 5.53. The minimum Gasteiger partial charge on any atom is -0.193 e. The quantitative estimate of drug-likeness (QED) is 0.365. The van der Waals surface area contributed by atoms with Crippen molar-refractivity contribution in [3.05, 3.63) is 77.0 Å². The van der Waals surface area contributed by atoms with E-state index in [1.54, 1.807) is 0 Å². The van der Waals surface area contributed by atoms with Crippen LogP contribution in [0.25, 0.3) is 22.4 Å². The summed E-state index contributed by atoms with van der Waals surface area (Å²) in [5.41, 5.74) is 11.5. The monoisotopic (exact) mass is 412 g/mol. The van der Waals surface area contributed by atoms with E-state index in [4.69, 9.17) is 0 Å². The molecular formula is C30H38N+. The molecule has 2 aromatic carbocycles. The summed E-state index contributed by atoms with van der Waals surface area (Å²) in [6.07, 6.45) is 10.7. The molecule has 1 heteroatoms. The molecule has 4 rings (SSSR count). The van der Waals surface area contributed by atoms with Crippen LogP contribution in [0.15, 0.2) is 54.7 Å². The lowest BCUT2D eigenvalue weighted by Crippen LogP contribution is -2.56. The Morgan fingerprint density at radius 2 is 1.68 bits per heavy atom. The van der Waals surface area contributed by atoms with E-state index in [9.17, 15) is 0 Å². The van der Waals surface area contributed by atoms with Gasteiger partial charge in [-0.1, -0.05) is 51.5 Å². The summed E-state index contributed by atoms with van der Waals surface area (Å²) < 4.78 is 2.58. The first-order valence-electron chi connectivity index (χ1n) is 12.3. The fraction of sp³-hybridized carbons (Fsp3) is 0.433. The Bertz CT molecular complexity index is 1070. The number of benzene rings is 2. The highest BCUT2D eigenvalue weighted by Gasteiger charge is 2.40. The van der Waals surface area contributed by atoms with Crippen molar-refractivity contribution in [1.82, 2.24) is 0 Å². The van der Waals surface area contributed by atoms with Gasteiger partial charge in [0, 0.05) is 37.0 Å². The molecule has 0 unspecified atom stereocenters. The lowest BCUT2D eigenvalue weighted by molar-refractivity contribution is -0.757. The number of fused-ring (bicyclic) bond motifs is 3. The van der Waals surface area contributed by atoms with Crippen molar-refractivity contribution in [3.8, 4) is 22.4 Å². The number of nitrogens with zero attached hydrogens (tertiary/aromatic N) is 1. The average molecular weight is 413 g/mol. The number of unbranched alkanes of at least 4 members (excludes halogenated alkanes) is 1. The molecular weight excluding hydrogens is 374 g/mol. The Balaban J connectivity index is 1.83. The maximum atomic E-state index is 2.58. The number of aromatic nitrogens is 1. The predicted molar refractivity (Wildman–Crippen MR) is 132 cm³/mol. The van der Waals surface area contributed by atoms with Crippen LogP contribution in [0.3, 0.4) is 0 Å². The van der Waals surface area contributed by atoms with Crippen LogP contribution in [0.4, 0.5) is 0 Å². The highest BCUT2D eigenvalue weighted by molar-refractivity contribution is 5.75. The minimum atomic E-state index is 0.212. The first-order valence-corrected chi connectivity index (χ1v) is 12.3. The van der Waals surface area contributed by atoms with E-state index in [1.165, 1.54) is 83.2 Å². The van der Waals surface area contributed by atoms with Crippen molar-refractivity contribution in [2.45, 2.75) is 85.1 Å². The fourth-order valence-electron chi connectivity index (χ4n) is 5.53. The van der Waals surface area contributed by atoms with Crippen molar-refractivity contribution in [1.29, 1.82) is 0 Å². The Labute approximate surface area is 189 Å². The number of pyridine rings is 1. The lowest BCUT2D eigenvalue weighted by Gasteiger charge is -2.26. The zero-order chi connectivity index (χ0) is 22.0. The molecule has 2 heterocycles. The van der Waals surface area contributed by atoms with Gasteiger partial charge in [-0.05, 0) is 78.6 Å². The molecule has 0 N–H and O–H groups in total. The predicted octanol–water partition coefficient (Wildman–Crippen LogP) is 7.73.